The Morgan fingerprint density at radius 3 is 2.56 bits per heavy atom. The number of aryl methyl sites for hydroxylation is 1. The molecular weight excluding hydrogens is 462 g/mol. The van der Waals surface area contributed by atoms with Gasteiger partial charge in [0.25, 0.3) is 5.91 Å². The molecule has 9 nitrogen and oxygen atoms in total. The highest BCUT2D eigenvalue weighted by molar-refractivity contribution is 6.00. The van der Waals surface area contributed by atoms with Crippen molar-refractivity contribution >= 4 is 22.7 Å². The van der Waals surface area contributed by atoms with Crippen molar-refractivity contribution in [2.24, 2.45) is 0 Å². The minimum atomic E-state index is -0.906. The average Bonchev–Trinajstić information content (AvgIpc) is 3.58. The maximum atomic E-state index is 13.4. The summed E-state index contributed by atoms with van der Waals surface area (Å²) < 4.78 is 17.9. The van der Waals surface area contributed by atoms with Gasteiger partial charge in [-0.15, -0.1) is 0 Å². The van der Waals surface area contributed by atoms with Crippen molar-refractivity contribution in [2.45, 2.75) is 32.5 Å². The normalized spacial score (nSPS) is 12.9. The van der Waals surface area contributed by atoms with Crippen LogP contribution in [0.4, 0.5) is 0 Å². The number of carbonyl (C=O) groups excluding carboxylic acids is 2. The molecule has 0 saturated heterocycles. The van der Waals surface area contributed by atoms with E-state index in [4.69, 9.17) is 13.9 Å². The molecule has 2 amide bonds. The summed E-state index contributed by atoms with van der Waals surface area (Å²) in [7, 11) is 0. The Morgan fingerprint density at radius 2 is 1.83 bits per heavy atom. The lowest BCUT2D eigenvalue weighted by Crippen LogP contribution is -2.48. The van der Waals surface area contributed by atoms with E-state index in [0.29, 0.717) is 34.7 Å². The SMILES string of the molecule is CCn1cc(C(=O)N[C@@H](Cc2ccccc2)C(=O)NCc2ccco2)c(=O)c2cc3c(cc21)OCO3. The summed E-state index contributed by atoms with van der Waals surface area (Å²) in [5.41, 5.74) is 1.01. The number of pyridine rings is 1. The van der Waals surface area contributed by atoms with Crippen LogP contribution in [-0.4, -0.2) is 29.2 Å². The Hall–Kier alpha value is -4.53. The summed E-state index contributed by atoms with van der Waals surface area (Å²) in [4.78, 5) is 39.8. The van der Waals surface area contributed by atoms with E-state index in [9.17, 15) is 14.4 Å². The van der Waals surface area contributed by atoms with Crippen LogP contribution in [0.15, 0.2) is 76.3 Å². The van der Waals surface area contributed by atoms with Gasteiger partial charge in [0.05, 0.1) is 23.7 Å². The monoisotopic (exact) mass is 487 g/mol. The molecule has 2 aromatic heterocycles. The Labute approximate surface area is 206 Å². The van der Waals surface area contributed by atoms with Gasteiger partial charge >= 0.3 is 0 Å². The molecule has 0 saturated carbocycles. The maximum absolute atomic E-state index is 13.4. The molecule has 0 unspecified atom stereocenters. The first-order valence-corrected chi connectivity index (χ1v) is 11.6. The van der Waals surface area contributed by atoms with Crippen molar-refractivity contribution in [2.75, 3.05) is 6.79 Å². The molecule has 1 aliphatic heterocycles. The zero-order chi connectivity index (χ0) is 25.1. The third-order valence-electron chi connectivity index (χ3n) is 6.08. The number of nitrogens with one attached hydrogen (secondary N) is 2. The van der Waals surface area contributed by atoms with Gasteiger partial charge in [-0.1, -0.05) is 30.3 Å². The molecule has 5 rings (SSSR count). The first-order valence-electron chi connectivity index (χ1n) is 11.6. The number of nitrogens with zero attached hydrogens (tertiary/aromatic N) is 1. The molecule has 36 heavy (non-hydrogen) atoms. The zero-order valence-corrected chi connectivity index (χ0v) is 19.7. The van der Waals surface area contributed by atoms with E-state index >= 15 is 0 Å². The van der Waals surface area contributed by atoms with Crippen LogP contribution in [0.25, 0.3) is 10.9 Å². The number of carbonyl (C=O) groups is 2. The van der Waals surface area contributed by atoms with E-state index in [0.717, 1.165) is 5.56 Å². The molecule has 0 spiro atoms. The van der Waals surface area contributed by atoms with E-state index in [1.807, 2.05) is 37.3 Å². The van der Waals surface area contributed by atoms with Crippen molar-refractivity contribution in [1.29, 1.82) is 0 Å². The number of furan rings is 1. The lowest BCUT2D eigenvalue weighted by molar-refractivity contribution is -0.123. The second-order valence-corrected chi connectivity index (χ2v) is 8.39. The second kappa shape index (κ2) is 9.99. The summed E-state index contributed by atoms with van der Waals surface area (Å²) in [6.07, 6.45) is 3.29. The predicted molar refractivity (Wildman–Crippen MR) is 132 cm³/mol. The maximum Gasteiger partial charge on any atom is 0.257 e. The molecule has 2 aromatic carbocycles. The first-order chi connectivity index (χ1) is 17.5. The molecule has 3 heterocycles. The average molecular weight is 488 g/mol. The lowest BCUT2D eigenvalue weighted by Gasteiger charge is -2.19. The fourth-order valence-electron chi connectivity index (χ4n) is 4.21. The highest BCUT2D eigenvalue weighted by atomic mass is 16.7. The van der Waals surface area contributed by atoms with Crippen LogP contribution in [0.2, 0.25) is 0 Å². The molecule has 9 heteroatoms. The number of fused-ring (bicyclic) bond motifs is 2. The van der Waals surface area contributed by atoms with Crippen LogP contribution >= 0.6 is 0 Å². The van der Waals surface area contributed by atoms with Crippen molar-refractivity contribution in [3.8, 4) is 11.5 Å². The second-order valence-electron chi connectivity index (χ2n) is 8.39. The predicted octanol–water partition coefficient (Wildman–Crippen LogP) is 3.00. The number of ether oxygens (including phenoxy) is 2. The highest BCUT2D eigenvalue weighted by Gasteiger charge is 2.25. The highest BCUT2D eigenvalue weighted by Crippen LogP contribution is 2.35. The van der Waals surface area contributed by atoms with Crippen LogP contribution in [-0.2, 0) is 24.3 Å². The molecule has 1 aliphatic rings. The number of rotatable bonds is 8. The quantitative estimate of drug-likeness (QED) is 0.395. The Kier molecular flexibility index (Phi) is 6.44. The van der Waals surface area contributed by atoms with Gasteiger partial charge < -0.3 is 29.1 Å². The largest absolute Gasteiger partial charge is 0.467 e. The molecule has 2 N–H and O–H groups in total. The Morgan fingerprint density at radius 1 is 1.06 bits per heavy atom. The van der Waals surface area contributed by atoms with E-state index in [1.165, 1.54) is 12.5 Å². The summed E-state index contributed by atoms with van der Waals surface area (Å²) in [6.45, 7) is 2.69. The van der Waals surface area contributed by atoms with E-state index in [2.05, 4.69) is 10.6 Å². The van der Waals surface area contributed by atoms with E-state index < -0.39 is 17.4 Å². The number of hydrogen-bond acceptors (Lipinski definition) is 6. The van der Waals surface area contributed by atoms with E-state index in [1.54, 1.807) is 28.8 Å². The number of benzene rings is 2. The summed E-state index contributed by atoms with van der Waals surface area (Å²) in [6, 6.07) is 15.3. The van der Waals surface area contributed by atoms with Gasteiger partial charge in [0.15, 0.2) is 11.5 Å². The summed E-state index contributed by atoms with van der Waals surface area (Å²) in [5.74, 6) is 0.586. The Bertz CT molecular complexity index is 1460. The van der Waals surface area contributed by atoms with Crippen LogP contribution in [0.1, 0.15) is 28.6 Å². The zero-order valence-electron chi connectivity index (χ0n) is 19.7. The minimum Gasteiger partial charge on any atom is -0.467 e. The van der Waals surface area contributed by atoms with Crippen LogP contribution in [0.5, 0.6) is 11.5 Å². The van der Waals surface area contributed by atoms with Gasteiger partial charge in [-0.05, 0) is 30.7 Å². The standard InChI is InChI=1S/C27H25N3O6/c1-2-30-15-20(25(31)19-12-23-24(13-22(19)30)36-16-35-23)26(32)29-21(11-17-7-4-3-5-8-17)27(33)28-14-18-9-6-10-34-18/h3-10,12-13,15,21H,2,11,14,16H2,1H3,(H,28,33)(H,29,32)/t21-/m0/s1. The molecule has 1 atom stereocenters. The van der Waals surface area contributed by atoms with Gasteiger partial charge in [0.2, 0.25) is 18.1 Å². The third-order valence-corrected chi connectivity index (χ3v) is 6.08. The van der Waals surface area contributed by atoms with Gasteiger partial charge in [-0.2, -0.15) is 0 Å². The van der Waals surface area contributed by atoms with Gasteiger partial charge in [-0.25, -0.2) is 0 Å². The van der Waals surface area contributed by atoms with Crippen molar-refractivity contribution in [3.05, 3.63) is 94.2 Å². The minimum absolute atomic E-state index is 0.0555. The van der Waals surface area contributed by atoms with Crippen molar-refractivity contribution in [3.63, 3.8) is 0 Å². The topological polar surface area (TPSA) is 112 Å². The van der Waals surface area contributed by atoms with Crippen LogP contribution in [0.3, 0.4) is 0 Å². The molecule has 0 bridgehead atoms. The smallest absolute Gasteiger partial charge is 0.257 e. The molecule has 4 aromatic rings. The molecule has 0 radical (unpaired) electrons. The van der Waals surface area contributed by atoms with E-state index in [-0.39, 0.29) is 31.2 Å². The number of hydrogen-bond donors (Lipinski definition) is 2. The lowest BCUT2D eigenvalue weighted by atomic mass is 10.0. The Balaban J connectivity index is 1.44. The molecule has 184 valence electrons. The van der Waals surface area contributed by atoms with Gasteiger partial charge in [0.1, 0.15) is 17.4 Å². The third kappa shape index (κ3) is 4.68. The van der Waals surface area contributed by atoms with Crippen molar-refractivity contribution in [1.82, 2.24) is 15.2 Å². The van der Waals surface area contributed by atoms with Gasteiger partial charge in [0, 0.05) is 25.2 Å². The van der Waals surface area contributed by atoms with Gasteiger partial charge in [-0.3, -0.25) is 14.4 Å². The van der Waals surface area contributed by atoms with Crippen LogP contribution in [0, 0.1) is 0 Å². The van der Waals surface area contributed by atoms with Crippen molar-refractivity contribution < 1.29 is 23.5 Å². The fourth-order valence-corrected chi connectivity index (χ4v) is 4.21. The summed E-state index contributed by atoms with van der Waals surface area (Å²) >= 11 is 0. The van der Waals surface area contributed by atoms with Crippen LogP contribution < -0.4 is 25.5 Å². The summed E-state index contributed by atoms with van der Waals surface area (Å²) in [5, 5.41) is 5.91. The molecule has 0 aliphatic carbocycles. The number of amides is 2. The first kappa shape index (κ1) is 23.2. The molecule has 0 fully saturated rings. The molecular formula is C27H25N3O6. The number of aromatic nitrogens is 1. The fraction of sp³-hybridized carbons (Fsp3) is 0.222.